The molecule has 2 heterocycles. The lowest BCUT2D eigenvalue weighted by atomic mass is 10.1. The third-order valence-electron chi connectivity index (χ3n) is 3.87. The van der Waals surface area contributed by atoms with Gasteiger partial charge in [0, 0.05) is 12.1 Å². The van der Waals surface area contributed by atoms with Gasteiger partial charge in [-0.05, 0) is 29.8 Å². The van der Waals surface area contributed by atoms with Crippen molar-refractivity contribution in [3.63, 3.8) is 0 Å². The van der Waals surface area contributed by atoms with Crippen LogP contribution in [-0.2, 0) is 6.42 Å². The number of carbonyl (C=O) groups is 1. The maximum Gasteiger partial charge on any atom is 0.323 e. The highest BCUT2D eigenvalue weighted by molar-refractivity contribution is 5.99. The predicted octanol–water partition coefficient (Wildman–Crippen LogP) is 3.96. The molecule has 4 rings (SSSR count). The molecule has 0 aliphatic rings. The smallest absolute Gasteiger partial charge is 0.308 e. The van der Waals surface area contributed by atoms with E-state index in [0.717, 1.165) is 22.7 Å². The van der Waals surface area contributed by atoms with Gasteiger partial charge in [0.25, 0.3) is 0 Å². The Bertz CT molecular complexity index is 1030. The topological polar surface area (TPSA) is 71.3 Å². The first-order valence-electron chi connectivity index (χ1n) is 8.28. The monoisotopic (exact) mass is 343 g/mol. The number of nitrogens with zero attached hydrogens (tertiary/aromatic N) is 3. The van der Waals surface area contributed by atoms with Gasteiger partial charge in [0.15, 0.2) is 11.5 Å². The fraction of sp³-hybridized carbons (Fsp3) is 0.0500. The molecule has 0 saturated heterocycles. The Morgan fingerprint density at radius 3 is 2.31 bits per heavy atom. The van der Waals surface area contributed by atoms with Gasteiger partial charge in [-0.15, -0.1) is 0 Å². The molecule has 0 saturated carbocycles. The van der Waals surface area contributed by atoms with Crippen LogP contribution in [0.5, 0.6) is 0 Å². The first-order chi connectivity index (χ1) is 12.8. The van der Waals surface area contributed by atoms with Crippen LogP contribution >= 0.6 is 0 Å². The SMILES string of the molecule is O=C(Nc1ccccc1)Nc1ccc2nc(Cc3ccccc3)nn2c1. The van der Waals surface area contributed by atoms with Crippen molar-refractivity contribution in [3.05, 3.63) is 90.4 Å². The molecule has 0 atom stereocenters. The van der Waals surface area contributed by atoms with Gasteiger partial charge in [0.2, 0.25) is 0 Å². The molecule has 2 aromatic heterocycles. The van der Waals surface area contributed by atoms with Gasteiger partial charge >= 0.3 is 6.03 Å². The molecule has 2 amide bonds. The highest BCUT2D eigenvalue weighted by Crippen LogP contribution is 2.13. The van der Waals surface area contributed by atoms with Gasteiger partial charge in [-0.1, -0.05) is 48.5 Å². The van der Waals surface area contributed by atoms with Crippen LogP contribution in [0.25, 0.3) is 5.65 Å². The lowest BCUT2D eigenvalue weighted by Gasteiger charge is -2.07. The number of amides is 2. The molecule has 0 aliphatic carbocycles. The molecule has 0 unspecified atom stereocenters. The number of benzene rings is 2. The van der Waals surface area contributed by atoms with Gasteiger partial charge in [-0.2, -0.15) is 5.10 Å². The second-order valence-electron chi connectivity index (χ2n) is 5.86. The number of hydrogen-bond acceptors (Lipinski definition) is 3. The van der Waals surface area contributed by atoms with E-state index in [-0.39, 0.29) is 6.03 Å². The van der Waals surface area contributed by atoms with Gasteiger partial charge in [0.1, 0.15) is 0 Å². The first kappa shape index (κ1) is 15.8. The number of para-hydroxylation sites is 1. The predicted molar refractivity (Wildman–Crippen MR) is 101 cm³/mol. The lowest BCUT2D eigenvalue weighted by molar-refractivity contribution is 0.262. The number of pyridine rings is 1. The Morgan fingerprint density at radius 1 is 0.846 bits per heavy atom. The van der Waals surface area contributed by atoms with Gasteiger partial charge in [-0.3, -0.25) is 0 Å². The molecule has 128 valence electrons. The van der Waals surface area contributed by atoms with Crippen molar-refractivity contribution in [2.45, 2.75) is 6.42 Å². The van der Waals surface area contributed by atoms with Gasteiger partial charge in [-0.25, -0.2) is 14.3 Å². The van der Waals surface area contributed by atoms with Crippen molar-refractivity contribution < 1.29 is 4.79 Å². The summed E-state index contributed by atoms with van der Waals surface area (Å²) < 4.78 is 1.68. The van der Waals surface area contributed by atoms with Gasteiger partial charge in [0.05, 0.1) is 11.9 Å². The highest BCUT2D eigenvalue weighted by Gasteiger charge is 2.07. The molecule has 6 nitrogen and oxygen atoms in total. The number of rotatable bonds is 4. The largest absolute Gasteiger partial charge is 0.323 e. The zero-order chi connectivity index (χ0) is 17.8. The zero-order valence-electron chi connectivity index (χ0n) is 14.0. The summed E-state index contributed by atoms with van der Waals surface area (Å²) in [5.41, 5.74) is 3.27. The first-order valence-corrected chi connectivity index (χ1v) is 8.28. The second-order valence-corrected chi connectivity index (χ2v) is 5.86. The summed E-state index contributed by atoms with van der Waals surface area (Å²) in [6.45, 7) is 0. The third-order valence-corrected chi connectivity index (χ3v) is 3.87. The van der Waals surface area contributed by atoms with Crippen LogP contribution in [0.3, 0.4) is 0 Å². The van der Waals surface area contributed by atoms with Crippen LogP contribution < -0.4 is 10.6 Å². The van der Waals surface area contributed by atoms with E-state index in [1.54, 1.807) is 16.8 Å². The summed E-state index contributed by atoms with van der Waals surface area (Å²) in [6, 6.07) is 22.7. The number of carbonyl (C=O) groups excluding carboxylic acids is 1. The van der Waals surface area contributed by atoms with Gasteiger partial charge < -0.3 is 10.6 Å². The van der Waals surface area contributed by atoms with Crippen LogP contribution in [-0.4, -0.2) is 20.6 Å². The van der Waals surface area contributed by atoms with Crippen molar-refractivity contribution in [1.29, 1.82) is 0 Å². The van der Waals surface area contributed by atoms with Crippen molar-refractivity contribution in [2.75, 3.05) is 10.6 Å². The van der Waals surface area contributed by atoms with Crippen LogP contribution in [0.1, 0.15) is 11.4 Å². The summed E-state index contributed by atoms with van der Waals surface area (Å²) in [7, 11) is 0. The number of anilines is 2. The standard InChI is InChI=1S/C20H17N5O/c26-20(21-16-9-5-2-6-10-16)22-17-11-12-19-23-18(24-25(19)14-17)13-15-7-3-1-4-8-15/h1-12,14H,13H2,(H2,21,22,26). The average molecular weight is 343 g/mol. The molecule has 0 radical (unpaired) electrons. The Morgan fingerprint density at radius 2 is 1.54 bits per heavy atom. The summed E-state index contributed by atoms with van der Waals surface area (Å²) in [5.74, 6) is 0.738. The van der Waals surface area contributed by atoms with Crippen LogP contribution in [0.15, 0.2) is 79.0 Å². The van der Waals surface area contributed by atoms with E-state index in [0.29, 0.717) is 12.1 Å². The minimum Gasteiger partial charge on any atom is -0.308 e. The molecule has 0 bridgehead atoms. The molecule has 4 aromatic rings. The molecule has 0 spiro atoms. The van der Waals surface area contributed by atoms with E-state index in [1.165, 1.54) is 0 Å². The van der Waals surface area contributed by atoms with Crippen molar-refractivity contribution in [3.8, 4) is 0 Å². The van der Waals surface area contributed by atoms with Crippen LogP contribution in [0, 0.1) is 0 Å². The van der Waals surface area contributed by atoms with E-state index in [1.807, 2.05) is 66.7 Å². The zero-order valence-corrected chi connectivity index (χ0v) is 14.0. The fourth-order valence-electron chi connectivity index (χ4n) is 2.67. The molecule has 0 fully saturated rings. The molecule has 2 aromatic carbocycles. The fourth-order valence-corrected chi connectivity index (χ4v) is 2.67. The number of hydrogen-bond donors (Lipinski definition) is 2. The lowest BCUT2D eigenvalue weighted by Crippen LogP contribution is -2.19. The third kappa shape index (κ3) is 3.70. The Hall–Kier alpha value is -3.67. The Kier molecular flexibility index (Phi) is 4.30. The summed E-state index contributed by atoms with van der Waals surface area (Å²) in [5, 5.41) is 10.1. The number of nitrogens with one attached hydrogen (secondary N) is 2. The second kappa shape index (κ2) is 7.06. The molecule has 0 aliphatic heterocycles. The summed E-state index contributed by atoms with van der Waals surface area (Å²) in [4.78, 5) is 16.6. The van der Waals surface area contributed by atoms with E-state index in [4.69, 9.17) is 0 Å². The molecule has 2 N–H and O–H groups in total. The summed E-state index contributed by atoms with van der Waals surface area (Å²) >= 11 is 0. The quantitative estimate of drug-likeness (QED) is 0.589. The maximum atomic E-state index is 12.1. The maximum absolute atomic E-state index is 12.1. The van der Waals surface area contributed by atoms with Crippen molar-refractivity contribution in [2.24, 2.45) is 0 Å². The Labute approximate surface area is 150 Å². The number of aromatic nitrogens is 3. The number of fused-ring (bicyclic) bond motifs is 1. The molecular formula is C20H17N5O. The Balaban J connectivity index is 1.48. The van der Waals surface area contributed by atoms with E-state index >= 15 is 0 Å². The molecular weight excluding hydrogens is 326 g/mol. The minimum atomic E-state index is -0.305. The average Bonchev–Trinajstić information content (AvgIpc) is 3.05. The molecule has 6 heteroatoms. The van der Waals surface area contributed by atoms with E-state index < -0.39 is 0 Å². The van der Waals surface area contributed by atoms with Crippen LogP contribution in [0.4, 0.5) is 16.2 Å². The minimum absolute atomic E-state index is 0.305. The molecule has 26 heavy (non-hydrogen) atoms. The number of urea groups is 1. The highest BCUT2D eigenvalue weighted by atomic mass is 16.2. The van der Waals surface area contributed by atoms with E-state index in [2.05, 4.69) is 20.7 Å². The van der Waals surface area contributed by atoms with Crippen molar-refractivity contribution >= 4 is 23.1 Å². The summed E-state index contributed by atoms with van der Waals surface area (Å²) in [6.07, 6.45) is 2.42. The normalized spacial score (nSPS) is 10.6. The van der Waals surface area contributed by atoms with E-state index in [9.17, 15) is 4.79 Å². The van der Waals surface area contributed by atoms with Crippen LogP contribution in [0.2, 0.25) is 0 Å². The van der Waals surface area contributed by atoms with Crippen molar-refractivity contribution in [1.82, 2.24) is 14.6 Å².